The molecule has 1 fully saturated rings. The van der Waals surface area contributed by atoms with Crippen LogP contribution in [0.2, 0.25) is 0 Å². The van der Waals surface area contributed by atoms with E-state index in [9.17, 15) is 26.4 Å². The van der Waals surface area contributed by atoms with Crippen LogP contribution >= 0.6 is 11.8 Å². The van der Waals surface area contributed by atoms with Crippen LogP contribution in [-0.4, -0.2) is 44.0 Å². The second-order valence-electron chi connectivity index (χ2n) is 7.38. The zero-order valence-corrected chi connectivity index (χ0v) is 18.7. The highest BCUT2D eigenvalue weighted by Crippen LogP contribution is 2.31. The fourth-order valence-corrected chi connectivity index (χ4v) is 5.91. The number of benzene rings is 1. The van der Waals surface area contributed by atoms with Crippen molar-refractivity contribution in [3.05, 3.63) is 48.2 Å². The molecule has 1 amide bonds. The summed E-state index contributed by atoms with van der Waals surface area (Å²) < 4.78 is 69.0. The summed E-state index contributed by atoms with van der Waals surface area (Å²) >= 11 is 1.11. The van der Waals surface area contributed by atoms with Gasteiger partial charge in [-0.1, -0.05) is 6.07 Å². The second-order valence-corrected chi connectivity index (χ2v) is 10.6. The van der Waals surface area contributed by atoms with Gasteiger partial charge in [-0.05, 0) is 49.1 Å². The van der Waals surface area contributed by atoms with Crippen LogP contribution < -0.4 is 5.32 Å². The fraction of sp³-hybridized carbons (Fsp3) is 0.429. The van der Waals surface area contributed by atoms with Crippen molar-refractivity contribution in [3.63, 3.8) is 0 Å². The van der Waals surface area contributed by atoms with Gasteiger partial charge in [-0.15, -0.1) is 11.8 Å². The molecule has 1 aromatic heterocycles. The van der Waals surface area contributed by atoms with Crippen LogP contribution in [-0.2, 0) is 25.5 Å². The van der Waals surface area contributed by atoms with E-state index in [2.05, 4.69) is 10.3 Å². The molecule has 2 aromatic rings. The summed E-state index contributed by atoms with van der Waals surface area (Å²) in [6, 6.07) is 7.02. The maximum Gasteiger partial charge on any atom is 0.416 e. The number of halogens is 3. The van der Waals surface area contributed by atoms with Gasteiger partial charge in [-0.2, -0.15) is 13.2 Å². The normalized spacial score (nSPS) is 17.2. The predicted octanol–water partition coefficient (Wildman–Crippen LogP) is 4.42. The molecule has 0 radical (unpaired) electrons. The predicted molar refractivity (Wildman–Crippen MR) is 115 cm³/mol. The third-order valence-corrected chi connectivity index (χ3v) is 7.86. The summed E-state index contributed by atoms with van der Waals surface area (Å²) in [5.41, 5.74) is -0.542. The number of nitrogens with zero attached hydrogens (tertiary/aromatic N) is 1. The third-order valence-electron chi connectivity index (χ3n) is 4.89. The zero-order chi connectivity index (χ0) is 23.2. The van der Waals surface area contributed by atoms with E-state index < -0.39 is 21.6 Å². The van der Waals surface area contributed by atoms with Crippen LogP contribution in [0.5, 0.6) is 0 Å². The van der Waals surface area contributed by atoms with Crippen molar-refractivity contribution >= 4 is 33.2 Å². The first-order chi connectivity index (χ1) is 15.1. The molecule has 1 unspecified atom stereocenters. The third kappa shape index (κ3) is 6.94. The lowest BCUT2D eigenvalue weighted by molar-refractivity contribution is -0.137. The second kappa shape index (κ2) is 10.7. The van der Waals surface area contributed by atoms with Gasteiger partial charge in [0.25, 0.3) is 0 Å². The lowest BCUT2D eigenvalue weighted by Gasteiger charge is -2.21. The molecule has 1 aliphatic heterocycles. The number of amides is 1. The van der Waals surface area contributed by atoms with Gasteiger partial charge in [0.2, 0.25) is 5.91 Å². The number of carbonyl (C=O) groups is 1. The molecule has 2 heterocycles. The molecule has 0 bridgehead atoms. The monoisotopic (exact) mass is 488 g/mol. The number of pyridine rings is 1. The van der Waals surface area contributed by atoms with E-state index in [4.69, 9.17) is 4.74 Å². The summed E-state index contributed by atoms with van der Waals surface area (Å²) in [6.45, 7) is 1.26. The van der Waals surface area contributed by atoms with Crippen molar-refractivity contribution in [1.82, 2.24) is 4.98 Å². The highest BCUT2D eigenvalue weighted by Gasteiger charge is 2.31. The number of aromatic nitrogens is 1. The van der Waals surface area contributed by atoms with Crippen LogP contribution in [0.4, 0.5) is 18.9 Å². The maximum atomic E-state index is 12.9. The van der Waals surface area contributed by atoms with E-state index in [-0.39, 0.29) is 28.2 Å². The molecular formula is C21H23F3N2O4S2. The highest BCUT2D eigenvalue weighted by molar-refractivity contribution is 8.00. The Morgan fingerprint density at radius 2 is 2.06 bits per heavy atom. The smallest absolute Gasteiger partial charge is 0.381 e. The highest BCUT2D eigenvalue weighted by atomic mass is 32.2. The van der Waals surface area contributed by atoms with E-state index in [1.807, 2.05) is 0 Å². The topological polar surface area (TPSA) is 85.4 Å². The summed E-state index contributed by atoms with van der Waals surface area (Å²) in [6.07, 6.45) is -0.927. The lowest BCUT2D eigenvalue weighted by atomic mass is 9.98. The van der Waals surface area contributed by atoms with Gasteiger partial charge in [-0.25, -0.2) is 13.4 Å². The molecule has 1 atom stereocenters. The summed E-state index contributed by atoms with van der Waals surface area (Å²) in [7, 11) is -3.92. The van der Waals surface area contributed by atoms with E-state index in [1.165, 1.54) is 6.20 Å². The fourth-order valence-electron chi connectivity index (χ4n) is 3.26. The van der Waals surface area contributed by atoms with E-state index in [0.717, 1.165) is 42.8 Å². The van der Waals surface area contributed by atoms with E-state index in [1.54, 1.807) is 12.1 Å². The van der Waals surface area contributed by atoms with Crippen LogP contribution in [0.3, 0.4) is 0 Å². The van der Waals surface area contributed by atoms with Gasteiger partial charge in [0, 0.05) is 31.6 Å². The average Bonchev–Trinajstić information content (AvgIpc) is 2.75. The number of hydrogen-bond donors (Lipinski definition) is 1. The van der Waals surface area contributed by atoms with Crippen LogP contribution in [0.25, 0.3) is 0 Å². The first kappa shape index (κ1) is 24.5. The van der Waals surface area contributed by atoms with Crippen LogP contribution in [0.15, 0.2) is 52.5 Å². The average molecular weight is 489 g/mol. The molecule has 1 aliphatic rings. The van der Waals surface area contributed by atoms with Crippen molar-refractivity contribution in [3.8, 4) is 0 Å². The molecule has 0 spiro atoms. The summed E-state index contributed by atoms with van der Waals surface area (Å²) in [5.74, 6) is -0.321. The summed E-state index contributed by atoms with van der Waals surface area (Å²) in [4.78, 5) is 16.2. The van der Waals surface area contributed by atoms with Crippen molar-refractivity contribution in [2.75, 3.05) is 30.0 Å². The Balaban J connectivity index is 1.59. The number of alkyl halides is 3. The number of thioether (sulfide) groups is 1. The Bertz CT molecular complexity index is 1040. The molecule has 0 saturated carbocycles. The molecule has 174 valence electrons. The Hall–Kier alpha value is -2.11. The van der Waals surface area contributed by atoms with Crippen molar-refractivity contribution in [1.29, 1.82) is 0 Å². The molecule has 32 heavy (non-hydrogen) atoms. The quantitative estimate of drug-likeness (QED) is 0.554. The summed E-state index contributed by atoms with van der Waals surface area (Å²) in [5, 5.41) is 3.25. The molecule has 1 N–H and O–H groups in total. The van der Waals surface area contributed by atoms with Gasteiger partial charge < -0.3 is 10.1 Å². The van der Waals surface area contributed by atoms with Crippen LogP contribution in [0.1, 0.15) is 24.8 Å². The minimum atomic E-state index is -4.62. The van der Waals surface area contributed by atoms with Gasteiger partial charge in [-0.3, -0.25) is 4.79 Å². The molecule has 0 aliphatic carbocycles. The number of carbonyl (C=O) groups excluding carboxylic acids is 1. The molecule has 3 rings (SSSR count). The van der Waals surface area contributed by atoms with Gasteiger partial charge >= 0.3 is 6.18 Å². The van der Waals surface area contributed by atoms with Crippen molar-refractivity contribution in [2.45, 2.75) is 35.4 Å². The SMILES string of the molecule is O=C(CC1CCCOC1)Nc1cccnc1SCCS(=O)(=O)c1cccc(C(F)(F)F)c1. The Labute approximate surface area is 188 Å². The van der Waals surface area contributed by atoms with Crippen molar-refractivity contribution in [2.24, 2.45) is 5.92 Å². The molecule has 1 saturated heterocycles. The zero-order valence-electron chi connectivity index (χ0n) is 17.1. The maximum absolute atomic E-state index is 12.9. The number of ether oxygens (including phenoxy) is 1. The molecule has 1 aromatic carbocycles. The number of anilines is 1. The minimum absolute atomic E-state index is 0.0644. The van der Waals surface area contributed by atoms with Crippen molar-refractivity contribution < 1.29 is 31.1 Å². The Kier molecular flexibility index (Phi) is 8.18. The molecule has 11 heteroatoms. The first-order valence-corrected chi connectivity index (χ1v) is 12.6. The number of sulfone groups is 1. The first-order valence-electron chi connectivity index (χ1n) is 10.0. The Morgan fingerprint density at radius 1 is 1.25 bits per heavy atom. The van der Waals surface area contributed by atoms with E-state index >= 15 is 0 Å². The minimum Gasteiger partial charge on any atom is -0.381 e. The number of rotatable bonds is 8. The largest absolute Gasteiger partial charge is 0.416 e. The Morgan fingerprint density at radius 3 is 2.78 bits per heavy atom. The molecule has 6 nitrogen and oxygen atoms in total. The number of hydrogen-bond acceptors (Lipinski definition) is 6. The van der Waals surface area contributed by atoms with Gasteiger partial charge in [0.05, 0.1) is 21.9 Å². The van der Waals surface area contributed by atoms with Gasteiger partial charge in [0.15, 0.2) is 9.84 Å². The molecular weight excluding hydrogens is 465 g/mol. The lowest BCUT2D eigenvalue weighted by Crippen LogP contribution is -2.23. The standard InChI is InChI=1S/C21H23F3N2O4S2/c22-21(23,24)16-5-1-6-17(13-16)32(28,29)11-10-31-20-18(7-2-8-25-20)26-19(27)12-15-4-3-9-30-14-15/h1-2,5-8,13,15H,3-4,9-12,14H2,(H,26,27). The van der Waals surface area contributed by atoms with Crippen LogP contribution in [0, 0.1) is 5.92 Å². The van der Waals surface area contributed by atoms with Gasteiger partial charge in [0.1, 0.15) is 5.03 Å². The number of nitrogens with one attached hydrogen (secondary N) is 1. The van der Waals surface area contributed by atoms with E-state index in [0.29, 0.717) is 36.4 Å².